The van der Waals surface area contributed by atoms with Crippen molar-refractivity contribution in [2.24, 2.45) is 0 Å². The van der Waals surface area contributed by atoms with Gasteiger partial charge in [0.05, 0.1) is 23.5 Å². The van der Waals surface area contributed by atoms with E-state index in [-0.39, 0.29) is 11.1 Å². The molecule has 0 unspecified atom stereocenters. The second kappa shape index (κ2) is 8.32. The molecule has 7 heteroatoms. The Bertz CT molecular complexity index is 1160. The number of ether oxygens (including phenoxy) is 1. The molecular formula is C23H24ClN3O3. The second-order valence-electron chi connectivity index (χ2n) is 7.98. The average Bonchev–Trinajstić information content (AvgIpc) is 2.68. The number of carbonyl (C=O) groups excluding carboxylic acids is 1. The van der Waals surface area contributed by atoms with Gasteiger partial charge in [0.25, 0.3) is 5.91 Å². The van der Waals surface area contributed by atoms with E-state index in [1.165, 1.54) is 17.9 Å². The molecule has 1 amide bonds. The molecule has 1 N–H and O–H groups in total. The van der Waals surface area contributed by atoms with Crippen LogP contribution in [0.3, 0.4) is 0 Å². The number of aromatic nitrogens is 2. The minimum atomic E-state index is -0.620. The Kier molecular flexibility index (Phi) is 5.99. The quantitative estimate of drug-likeness (QED) is 0.654. The molecule has 3 rings (SSSR count). The van der Waals surface area contributed by atoms with Crippen molar-refractivity contribution in [1.29, 1.82) is 0 Å². The number of benzene rings is 2. The smallest absolute Gasteiger partial charge is 0.280 e. The van der Waals surface area contributed by atoms with Gasteiger partial charge in [0.1, 0.15) is 5.75 Å². The van der Waals surface area contributed by atoms with Crippen molar-refractivity contribution in [2.75, 3.05) is 12.4 Å². The molecule has 0 saturated carbocycles. The van der Waals surface area contributed by atoms with Gasteiger partial charge in [-0.15, -0.1) is 0 Å². The molecule has 1 heterocycles. The number of methoxy groups -OCH3 is 1. The summed E-state index contributed by atoms with van der Waals surface area (Å²) in [5, 5.41) is 7.52. The van der Waals surface area contributed by atoms with Crippen LogP contribution in [0.2, 0.25) is 5.02 Å². The van der Waals surface area contributed by atoms with Crippen LogP contribution < -0.4 is 15.5 Å². The number of nitrogens with one attached hydrogen (secondary N) is 1. The third kappa shape index (κ3) is 4.39. The van der Waals surface area contributed by atoms with Crippen LogP contribution in [0.5, 0.6) is 5.75 Å². The van der Waals surface area contributed by atoms with E-state index in [9.17, 15) is 9.59 Å². The number of para-hydroxylation sites is 1. The molecule has 0 aliphatic carbocycles. The Morgan fingerprint density at radius 2 is 1.83 bits per heavy atom. The molecule has 0 saturated heterocycles. The molecule has 0 aliphatic heterocycles. The summed E-state index contributed by atoms with van der Waals surface area (Å²) in [4.78, 5) is 25.5. The van der Waals surface area contributed by atoms with Gasteiger partial charge in [-0.1, -0.05) is 50.6 Å². The van der Waals surface area contributed by atoms with E-state index in [0.29, 0.717) is 27.8 Å². The van der Waals surface area contributed by atoms with E-state index in [4.69, 9.17) is 16.3 Å². The highest BCUT2D eigenvalue weighted by Gasteiger charge is 2.20. The number of anilines is 1. The van der Waals surface area contributed by atoms with Crippen molar-refractivity contribution in [1.82, 2.24) is 9.78 Å². The lowest BCUT2D eigenvalue weighted by Crippen LogP contribution is -2.27. The summed E-state index contributed by atoms with van der Waals surface area (Å²) in [6.45, 7) is 7.95. The number of hydrogen-bond donors (Lipinski definition) is 1. The number of amides is 1. The lowest BCUT2D eigenvalue weighted by molar-refractivity contribution is 0.101. The molecule has 0 radical (unpaired) electrons. The highest BCUT2D eigenvalue weighted by atomic mass is 35.5. The van der Waals surface area contributed by atoms with Gasteiger partial charge in [0.15, 0.2) is 5.69 Å². The first-order valence-corrected chi connectivity index (χ1v) is 9.85. The van der Waals surface area contributed by atoms with Crippen LogP contribution in [0.15, 0.2) is 53.3 Å². The Morgan fingerprint density at radius 1 is 1.13 bits per heavy atom. The summed E-state index contributed by atoms with van der Waals surface area (Å²) in [5.74, 6) is -0.125. The molecule has 1 aromatic heterocycles. The lowest BCUT2D eigenvalue weighted by atomic mass is 9.87. The predicted octanol–water partition coefficient (Wildman–Crippen LogP) is 4.75. The minimum absolute atomic E-state index is 0.120. The van der Waals surface area contributed by atoms with E-state index in [0.717, 1.165) is 5.56 Å². The number of halogens is 1. The monoisotopic (exact) mass is 425 g/mol. The predicted molar refractivity (Wildman–Crippen MR) is 119 cm³/mol. The Morgan fingerprint density at radius 3 is 2.47 bits per heavy atom. The normalized spacial score (nSPS) is 11.3. The van der Waals surface area contributed by atoms with Crippen LogP contribution in [0.4, 0.5) is 5.69 Å². The average molecular weight is 426 g/mol. The van der Waals surface area contributed by atoms with Gasteiger partial charge in [-0.25, -0.2) is 4.68 Å². The van der Waals surface area contributed by atoms with Crippen LogP contribution in [0.25, 0.3) is 5.69 Å². The molecule has 0 fully saturated rings. The molecule has 6 nitrogen and oxygen atoms in total. The number of nitrogens with zero attached hydrogens (tertiary/aromatic N) is 2. The van der Waals surface area contributed by atoms with E-state index < -0.39 is 11.3 Å². The fourth-order valence-electron chi connectivity index (χ4n) is 3.03. The number of hydrogen-bond acceptors (Lipinski definition) is 4. The maximum Gasteiger partial charge on any atom is 0.280 e. The summed E-state index contributed by atoms with van der Waals surface area (Å²) < 4.78 is 6.86. The zero-order chi connectivity index (χ0) is 22.1. The summed E-state index contributed by atoms with van der Waals surface area (Å²) in [6, 6.07) is 14.0. The molecule has 0 aliphatic rings. The van der Waals surface area contributed by atoms with Crippen molar-refractivity contribution in [3.05, 3.63) is 80.7 Å². The Balaban J connectivity index is 2.04. The Hall–Kier alpha value is -3.12. The van der Waals surface area contributed by atoms with Gasteiger partial charge in [0.2, 0.25) is 5.43 Å². The molecule has 0 spiro atoms. The molecule has 0 atom stereocenters. The van der Waals surface area contributed by atoms with Gasteiger partial charge < -0.3 is 10.1 Å². The first-order chi connectivity index (χ1) is 14.1. The van der Waals surface area contributed by atoms with Crippen LogP contribution in [0.1, 0.15) is 42.5 Å². The molecule has 0 bridgehead atoms. The second-order valence-corrected chi connectivity index (χ2v) is 8.39. The largest absolute Gasteiger partial charge is 0.495 e. The van der Waals surface area contributed by atoms with Crippen LogP contribution >= 0.6 is 11.6 Å². The zero-order valence-electron chi connectivity index (χ0n) is 17.6. The topological polar surface area (TPSA) is 73.2 Å². The van der Waals surface area contributed by atoms with E-state index >= 15 is 0 Å². The lowest BCUT2D eigenvalue weighted by Gasteiger charge is -2.21. The van der Waals surface area contributed by atoms with E-state index in [2.05, 4.69) is 31.2 Å². The molecule has 30 heavy (non-hydrogen) atoms. The molecule has 156 valence electrons. The summed E-state index contributed by atoms with van der Waals surface area (Å²) in [5.41, 5.74) is 1.81. The highest BCUT2D eigenvalue weighted by molar-refractivity contribution is 6.32. The van der Waals surface area contributed by atoms with Gasteiger partial charge in [-0.2, -0.15) is 5.10 Å². The number of carbonyl (C=O) groups is 1. The number of aryl methyl sites for hydroxylation is 1. The number of rotatable bonds is 4. The van der Waals surface area contributed by atoms with Crippen LogP contribution in [-0.2, 0) is 5.41 Å². The summed E-state index contributed by atoms with van der Waals surface area (Å²) in [7, 11) is 1.52. The zero-order valence-corrected chi connectivity index (χ0v) is 18.4. The van der Waals surface area contributed by atoms with Crippen molar-refractivity contribution in [3.63, 3.8) is 0 Å². The first-order valence-electron chi connectivity index (χ1n) is 9.47. The third-order valence-corrected chi connectivity index (χ3v) is 5.04. The van der Waals surface area contributed by atoms with Gasteiger partial charge in [-0.3, -0.25) is 9.59 Å². The van der Waals surface area contributed by atoms with Gasteiger partial charge in [0, 0.05) is 11.8 Å². The molecular weight excluding hydrogens is 402 g/mol. The molecule has 2 aromatic carbocycles. The Labute approximate surface area is 180 Å². The van der Waals surface area contributed by atoms with E-state index in [1.54, 1.807) is 31.2 Å². The summed E-state index contributed by atoms with van der Waals surface area (Å²) >= 11 is 6.28. The van der Waals surface area contributed by atoms with Crippen molar-refractivity contribution in [3.8, 4) is 11.4 Å². The maximum absolute atomic E-state index is 13.0. The van der Waals surface area contributed by atoms with Gasteiger partial charge >= 0.3 is 0 Å². The fraction of sp³-hybridized carbons (Fsp3) is 0.261. The standard InChI is InChI=1S/C23H24ClN3O3/c1-14-12-19(28)21(26-27(14)18-9-7-6-8-16(18)24)22(29)25-17-13-15(23(2,3)4)10-11-20(17)30-5/h6-13H,1-5H3,(H,25,29). The maximum atomic E-state index is 13.0. The fourth-order valence-corrected chi connectivity index (χ4v) is 3.24. The SMILES string of the molecule is COc1ccc(C(C)(C)C)cc1NC(=O)c1nn(-c2ccccc2Cl)c(C)cc1=O. The van der Waals surface area contributed by atoms with Crippen molar-refractivity contribution >= 4 is 23.2 Å². The van der Waals surface area contributed by atoms with Gasteiger partial charge in [-0.05, 0) is 42.2 Å². The van der Waals surface area contributed by atoms with E-state index in [1.807, 2.05) is 18.2 Å². The van der Waals surface area contributed by atoms with Crippen LogP contribution in [-0.4, -0.2) is 22.8 Å². The molecule has 3 aromatic rings. The minimum Gasteiger partial charge on any atom is -0.495 e. The van der Waals surface area contributed by atoms with Crippen LogP contribution in [0, 0.1) is 6.92 Å². The third-order valence-electron chi connectivity index (χ3n) is 4.72. The summed E-state index contributed by atoms with van der Waals surface area (Å²) in [6.07, 6.45) is 0. The van der Waals surface area contributed by atoms with Crippen molar-refractivity contribution < 1.29 is 9.53 Å². The first kappa shape index (κ1) is 21.6. The highest BCUT2D eigenvalue weighted by Crippen LogP contribution is 2.31. The van der Waals surface area contributed by atoms with Crippen molar-refractivity contribution in [2.45, 2.75) is 33.1 Å².